The van der Waals surface area contributed by atoms with Crippen LogP contribution in [0.2, 0.25) is 0 Å². The van der Waals surface area contributed by atoms with Crippen LogP contribution in [0.4, 0.5) is 11.4 Å². The molecule has 0 spiro atoms. The molecule has 0 bridgehead atoms. The van der Waals surface area contributed by atoms with Gasteiger partial charge in [-0.05, 0) is 50.0 Å². The smallest absolute Gasteiger partial charge is 0.308 e. The first-order valence-electron chi connectivity index (χ1n) is 12.3. The Bertz CT molecular complexity index is 1050. The summed E-state index contributed by atoms with van der Waals surface area (Å²) in [5.74, 6) is 0.109. The predicted octanol–water partition coefficient (Wildman–Crippen LogP) is 5.97. The molecule has 4 rings (SSSR count). The quantitative estimate of drug-likeness (QED) is 0.371. The van der Waals surface area contributed by atoms with E-state index >= 15 is 0 Å². The van der Waals surface area contributed by atoms with Gasteiger partial charge in [0.25, 0.3) is 0 Å². The van der Waals surface area contributed by atoms with Crippen LogP contribution in [0.1, 0.15) is 57.1 Å². The number of carbonyl (C=O) groups excluding carboxylic acids is 1. The average Bonchev–Trinajstić information content (AvgIpc) is 3.45. The number of rotatable bonds is 8. The molecular formula is C29H37N2O2+. The molecule has 2 aromatic carbocycles. The third-order valence-electron chi connectivity index (χ3n) is 7.62. The molecule has 2 aromatic rings. The van der Waals surface area contributed by atoms with Gasteiger partial charge in [0.15, 0.2) is 5.71 Å². The van der Waals surface area contributed by atoms with E-state index in [4.69, 9.17) is 4.74 Å². The van der Waals surface area contributed by atoms with Crippen molar-refractivity contribution < 1.29 is 14.1 Å². The van der Waals surface area contributed by atoms with E-state index in [0.29, 0.717) is 13.2 Å². The van der Waals surface area contributed by atoms with Gasteiger partial charge in [-0.15, -0.1) is 0 Å². The van der Waals surface area contributed by atoms with Gasteiger partial charge in [-0.25, -0.2) is 0 Å². The van der Waals surface area contributed by atoms with Crippen molar-refractivity contribution in [3.8, 4) is 0 Å². The lowest BCUT2D eigenvalue weighted by Crippen LogP contribution is -2.29. The number of hydrogen-bond acceptors (Lipinski definition) is 3. The van der Waals surface area contributed by atoms with E-state index < -0.39 is 0 Å². The van der Waals surface area contributed by atoms with Gasteiger partial charge in [0, 0.05) is 30.4 Å². The van der Waals surface area contributed by atoms with Gasteiger partial charge in [0.05, 0.1) is 17.9 Å². The molecule has 4 nitrogen and oxygen atoms in total. The zero-order chi connectivity index (χ0) is 23.4. The fourth-order valence-corrected chi connectivity index (χ4v) is 5.24. The van der Waals surface area contributed by atoms with Gasteiger partial charge < -0.3 is 9.64 Å². The van der Waals surface area contributed by atoms with Crippen LogP contribution in [-0.4, -0.2) is 43.5 Å². The van der Waals surface area contributed by atoms with E-state index in [0.717, 1.165) is 37.8 Å². The second kappa shape index (κ2) is 9.94. The minimum absolute atomic E-state index is 0.0167. The lowest BCUT2D eigenvalue weighted by molar-refractivity contribution is -0.401. The first-order valence-corrected chi connectivity index (χ1v) is 12.3. The Labute approximate surface area is 198 Å². The maximum Gasteiger partial charge on any atom is 0.308 e. The number of allylic oxidation sites excluding steroid dienone is 1. The number of para-hydroxylation sites is 1. The van der Waals surface area contributed by atoms with Gasteiger partial charge in [-0.3, -0.25) is 4.79 Å². The Morgan fingerprint density at radius 1 is 1.12 bits per heavy atom. The number of carbonyl (C=O) groups is 1. The molecule has 2 aliphatic rings. The summed E-state index contributed by atoms with van der Waals surface area (Å²) < 4.78 is 7.83. The highest BCUT2D eigenvalue weighted by Crippen LogP contribution is 2.41. The van der Waals surface area contributed by atoms with Crippen molar-refractivity contribution in [2.75, 3.05) is 32.1 Å². The number of ether oxygens (including phenoxy) is 1. The molecule has 0 N–H and O–H groups in total. The van der Waals surface area contributed by atoms with Crippen LogP contribution < -0.4 is 4.90 Å². The molecular weight excluding hydrogens is 408 g/mol. The largest absolute Gasteiger partial charge is 0.464 e. The number of benzene rings is 2. The minimum atomic E-state index is -0.0167. The van der Waals surface area contributed by atoms with E-state index in [1.54, 1.807) is 0 Å². The van der Waals surface area contributed by atoms with Gasteiger partial charge >= 0.3 is 5.97 Å². The summed E-state index contributed by atoms with van der Waals surface area (Å²) in [5.41, 5.74) is 6.36. The summed E-state index contributed by atoms with van der Waals surface area (Å²) >= 11 is 0. The zero-order valence-corrected chi connectivity index (χ0v) is 20.5. The zero-order valence-electron chi connectivity index (χ0n) is 20.5. The maximum atomic E-state index is 12.1. The summed E-state index contributed by atoms with van der Waals surface area (Å²) in [6, 6.07) is 17.3. The Hall–Kier alpha value is -2.88. The average molecular weight is 446 g/mol. The van der Waals surface area contributed by atoms with Gasteiger partial charge in [0.1, 0.15) is 13.7 Å². The Morgan fingerprint density at radius 3 is 2.52 bits per heavy atom. The summed E-state index contributed by atoms with van der Waals surface area (Å²) in [5, 5.41) is 0. The van der Waals surface area contributed by atoms with E-state index in [-0.39, 0.29) is 17.3 Å². The number of fused-ring (bicyclic) bond motifs is 1. The van der Waals surface area contributed by atoms with Crippen molar-refractivity contribution in [3.05, 3.63) is 65.7 Å². The van der Waals surface area contributed by atoms with E-state index in [1.807, 2.05) is 7.05 Å². The molecule has 0 saturated heterocycles. The number of nitrogens with zero attached hydrogens (tertiary/aromatic N) is 2. The van der Waals surface area contributed by atoms with Gasteiger partial charge in [-0.2, -0.15) is 4.58 Å². The van der Waals surface area contributed by atoms with Crippen LogP contribution in [0.5, 0.6) is 0 Å². The fourth-order valence-electron chi connectivity index (χ4n) is 5.24. The standard InChI is InChI=1S/C29H37N2O2/c1-5-29(2)25-12-8-9-13-26(25)31(4)27(29)19-16-22-14-17-24(18-15-22)30(3)20-21-33-28(32)23-10-6-7-11-23/h8-9,12-19,23H,5-7,10-11,20-21H2,1-4H3/q+1. The van der Waals surface area contributed by atoms with E-state index in [1.165, 1.54) is 22.5 Å². The third-order valence-corrected chi connectivity index (χ3v) is 7.62. The molecule has 1 fully saturated rings. The van der Waals surface area contributed by atoms with Crippen molar-refractivity contribution in [2.24, 2.45) is 5.92 Å². The predicted molar refractivity (Wildman–Crippen MR) is 137 cm³/mol. The molecule has 33 heavy (non-hydrogen) atoms. The van der Waals surface area contributed by atoms with Gasteiger partial charge in [0.2, 0.25) is 5.69 Å². The third kappa shape index (κ3) is 4.75. The molecule has 1 aliphatic carbocycles. The van der Waals surface area contributed by atoms with Crippen LogP contribution in [0.3, 0.4) is 0 Å². The van der Waals surface area contributed by atoms with Crippen molar-refractivity contribution in [2.45, 2.75) is 51.4 Å². The molecule has 1 unspecified atom stereocenters. The topological polar surface area (TPSA) is 32.5 Å². The molecule has 0 radical (unpaired) electrons. The molecule has 4 heteroatoms. The highest BCUT2D eigenvalue weighted by atomic mass is 16.5. The molecule has 174 valence electrons. The van der Waals surface area contributed by atoms with Crippen LogP contribution in [0.15, 0.2) is 54.6 Å². The molecule has 1 saturated carbocycles. The lowest BCUT2D eigenvalue weighted by atomic mass is 9.77. The van der Waals surface area contributed by atoms with Crippen LogP contribution in [0, 0.1) is 5.92 Å². The van der Waals surface area contributed by atoms with Crippen molar-refractivity contribution in [1.29, 1.82) is 0 Å². The highest BCUT2D eigenvalue weighted by Gasteiger charge is 2.44. The molecule has 1 heterocycles. The van der Waals surface area contributed by atoms with Crippen LogP contribution >= 0.6 is 0 Å². The minimum Gasteiger partial charge on any atom is -0.464 e. The maximum absolute atomic E-state index is 12.1. The Morgan fingerprint density at radius 2 is 1.82 bits per heavy atom. The molecule has 0 aromatic heterocycles. The molecule has 1 aliphatic heterocycles. The number of anilines is 1. The summed E-state index contributed by atoms with van der Waals surface area (Å²) in [6.07, 6.45) is 9.82. The summed E-state index contributed by atoms with van der Waals surface area (Å²) in [7, 11) is 4.21. The van der Waals surface area contributed by atoms with Crippen LogP contribution in [-0.2, 0) is 14.9 Å². The summed E-state index contributed by atoms with van der Waals surface area (Å²) in [4.78, 5) is 14.2. The number of esters is 1. The second-order valence-corrected chi connectivity index (χ2v) is 9.64. The number of hydrogen-bond donors (Lipinski definition) is 0. The van der Waals surface area contributed by atoms with Crippen molar-refractivity contribution >= 4 is 29.1 Å². The number of likely N-dealkylation sites (N-methyl/N-ethyl adjacent to an activating group) is 1. The molecule has 1 atom stereocenters. The first-order chi connectivity index (χ1) is 15.9. The first kappa shape index (κ1) is 23.3. The van der Waals surface area contributed by atoms with E-state index in [2.05, 4.69) is 91.1 Å². The summed E-state index contributed by atoms with van der Waals surface area (Å²) in [6.45, 7) is 5.74. The normalized spacial score (nSPS) is 20.5. The molecule has 0 amide bonds. The van der Waals surface area contributed by atoms with Crippen molar-refractivity contribution in [3.63, 3.8) is 0 Å². The van der Waals surface area contributed by atoms with Crippen molar-refractivity contribution in [1.82, 2.24) is 0 Å². The van der Waals surface area contributed by atoms with Gasteiger partial charge in [-0.1, -0.05) is 50.1 Å². The lowest BCUT2D eigenvalue weighted by Gasteiger charge is -2.20. The van der Waals surface area contributed by atoms with Crippen LogP contribution in [0.25, 0.3) is 6.08 Å². The second-order valence-electron chi connectivity index (χ2n) is 9.64. The fraction of sp³-hybridized carbons (Fsp3) is 0.448. The highest BCUT2D eigenvalue weighted by molar-refractivity contribution is 6.05. The van der Waals surface area contributed by atoms with E-state index in [9.17, 15) is 4.79 Å². The Balaban J connectivity index is 1.37. The monoisotopic (exact) mass is 445 g/mol. The SMILES string of the molecule is CCC1(C)C(/C=C/c2ccc(N(C)CCOC(=O)C3CCCC3)cc2)=[N+](C)c2ccccc21. The Kier molecular flexibility index (Phi) is 7.02.